The number of nitrogens with two attached hydrogens (primary N) is 1. The Hall–Kier alpha value is -2.93. The minimum Gasteiger partial charge on any atom is -0.440 e. The van der Waals surface area contributed by atoms with Crippen molar-refractivity contribution < 1.29 is 4.74 Å². The minimum absolute atomic E-state index is 0.180. The van der Waals surface area contributed by atoms with E-state index in [2.05, 4.69) is 6.07 Å². The zero-order valence-electron chi connectivity index (χ0n) is 12.6. The SMILES string of the molecule is CN(C)c1ccc2c(c1)OC(N)=C(C#N)[C@@H]2c1ccccc1. The first-order valence-corrected chi connectivity index (χ1v) is 7.05. The van der Waals surface area contributed by atoms with Gasteiger partial charge in [0.15, 0.2) is 0 Å². The Morgan fingerprint density at radius 1 is 1.14 bits per heavy atom. The lowest BCUT2D eigenvalue weighted by molar-refractivity contribution is 0.394. The molecule has 1 aliphatic rings. The number of benzene rings is 2. The topological polar surface area (TPSA) is 62.3 Å². The van der Waals surface area contributed by atoms with Crippen molar-refractivity contribution in [1.29, 1.82) is 5.26 Å². The molecule has 1 heterocycles. The first kappa shape index (κ1) is 14.0. The Morgan fingerprint density at radius 3 is 2.50 bits per heavy atom. The second-order valence-corrected chi connectivity index (χ2v) is 5.45. The predicted octanol–water partition coefficient (Wildman–Crippen LogP) is 2.97. The van der Waals surface area contributed by atoms with Gasteiger partial charge in [-0.3, -0.25) is 0 Å². The van der Waals surface area contributed by atoms with Gasteiger partial charge in [-0.05, 0) is 11.6 Å². The average Bonchev–Trinajstić information content (AvgIpc) is 2.53. The molecule has 4 heteroatoms. The molecule has 1 aliphatic heterocycles. The summed E-state index contributed by atoms with van der Waals surface area (Å²) in [4.78, 5) is 2.00. The lowest BCUT2D eigenvalue weighted by Crippen LogP contribution is -2.21. The van der Waals surface area contributed by atoms with Crippen molar-refractivity contribution in [3.63, 3.8) is 0 Å². The molecule has 2 aromatic carbocycles. The van der Waals surface area contributed by atoms with Crippen LogP contribution in [0.1, 0.15) is 17.0 Å². The second kappa shape index (κ2) is 5.45. The molecular weight excluding hydrogens is 274 g/mol. The Kier molecular flexibility index (Phi) is 3.48. The van der Waals surface area contributed by atoms with E-state index in [9.17, 15) is 5.26 Å². The molecule has 4 nitrogen and oxygen atoms in total. The van der Waals surface area contributed by atoms with E-state index < -0.39 is 0 Å². The lowest BCUT2D eigenvalue weighted by Gasteiger charge is -2.27. The number of allylic oxidation sites excluding steroid dienone is 1. The van der Waals surface area contributed by atoms with Crippen molar-refractivity contribution in [1.82, 2.24) is 0 Å². The summed E-state index contributed by atoms with van der Waals surface area (Å²) in [6.45, 7) is 0. The summed E-state index contributed by atoms with van der Waals surface area (Å²) in [5.74, 6) is 0.697. The van der Waals surface area contributed by atoms with Gasteiger partial charge in [-0.2, -0.15) is 5.26 Å². The van der Waals surface area contributed by atoms with Gasteiger partial charge in [-0.15, -0.1) is 0 Å². The van der Waals surface area contributed by atoms with E-state index in [-0.39, 0.29) is 11.8 Å². The third kappa shape index (κ3) is 2.27. The van der Waals surface area contributed by atoms with E-state index in [1.54, 1.807) is 0 Å². The number of nitriles is 1. The maximum atomic E-state index is 9.49. The van der Waals surface area contributed by atoms with E-state index in [0.29, 0.717) is 11.3 Å². The van der Waals surface area contributed by atoms with Crippen LogP contribution in [0.15, 0.2) is 60.0 Å². The Labute approximate surface area is 130 Å². The van der Waals surface area contributed by atoms with Crippen LogP contribution in [0.4, 0.5) is 5.69 Å². The third-order valence-electron chi connectivity index (χ3n) is 3.85. The standard InChI is InChI=1S/C18H17N3O/c1-21(2)13-8-9-14-16(10-13)22-18(20)15(11-19)17(14)12-6-4-3-5-7-12/h3-10,17H,20H2,1-2H3/t17-/m1/s1. The van der Waals surface area contributed by atoms with E-state index >= 15 is 0 Å². The van der Waals surface area contributed by atoms with Crippen LogP contribution in [0.5, 0.6) is 5.75 Å². The molecule has 110 valence electrons. The van der Waals surface area contributed by atoms with Gasteiger partial charge in [0.05, 0.1) is 5.92 Å². The molecule has 0 saturated heterocycles. The molecule has 3 rings (SSSR count). The fraction of sp³-hybridized carbons (Fsp3) is 0.167. The lowest BCUT2D eigenvalue weighted by atomic mass is 9.83. The highest BCUT2D eigenvalue weighted by atomic mass is 16.5. The van der Waals surface area contributed by atoms with E-state index in [1.807, 2.05) is 67.5 Å². The van der Waals surface area contributed by atoms with Gasteiger partial charge in [0, 0.05) is 31.4 Å². The maximum absolute atomic E-state index is 9.49. The highest BCUT2D eigenvalue weighted by Crippen LogP contribution is 2.43. The van der Waals surface area contributed by atoms with E-state index in [1.165, 1.54) is 0 Å². The Morgan fingerprint density at radius 2 is 1.86 bits per heavy atom. The molecular formula is C18H17N3O. The summed E-state index contributed by atoms with van der Waals surface area (Å²) in [6, 6.07) is 18.1. The number of nitrogens with zero attached hydrogens (tertiary/aromatic N) is 2. The fourth-order valence-electron chi connectivity index (χ4n) is 2.71. The van der Waals surface area contributed by atoms with E-state index in [0.717, 1.165) is 16.8 Å². The zero-order chi connectivity index (χ0) is 15.7. The van der Waals surface area contributed by atoms with E-state index in [4.69, 9.17) is 10.5 Å². The highest BCUT2D eigenvalue weighted by Gasteiger charge is 2.30. The molecule has 22 heavy (non-hydrogen) atoms. The summed E-state index contributed by atoms with van der Waals surface area (Å²) in [5, 5.41) is 9.49. The largest absolute Gasteiger partial charge is 0.440 e. The van der Waals surface area contributed by atoms with Crippen LogP contribution in [-0.4, -0.2) is 14.1 Å². The molecule has 2 N–H and O–H groups in total. The van der Waals surface area contributed by atoms with Crippen molar-refractivity contribution in [3.8, 4) is 11.8 Å². The van der Waals surface area contributed by atoms with Gasteiger partial charge in [0.2, 0.25) is 5.88 Å². The van der Waals surface area contributed by atoms with Crippen LogP contribution in [0.25, 0.3) is 0 Å². The molecule has 0 aromatic heterocycles. The molecule has 0 spiro atoms. The second-order valence-electron chi connectivity index (χ2n) is 5.45. The normalized spacial score (nSPS) is 16.5. The number of hydrogen-bond acceptors (Lipinski definition) is 4. The first-order chi connectivity index (χ1) is 10.6. The van der Waals surface area contributed by atoms with Gasteiger partial charge in [0.25, 0.3) is 0 Å². The number of hydrogen-bond donors (Lipinski definition) is 1. The van der Waals surface area contributed by atoms with Crippen molar-refractivity contribution in [3.05, 3.63) is 71.1 Å². The molecule has 0 unspecified atom stereocenters. The molecule has 2 aromatic rings. The van der Waals surface area contributed by atoms with Crippen molar-refractivity contribution in [2.24, 2.45) is 5.73 Å². The van der Waals surface area contributed by atoms with Crippen molar-refractivity contribution >= 4 is 5.69 Å². The first-order valence-electron chi connectivity index (χ1n) is 7.05. The number of rotatable bonds is 2. The van der Waals surface area contributed by atoms with Gasteiger partial charge in [0.1, 0.15) is 17.4 Å². The van der Waals surface area contributed by atoms with Gasteiger partial charge in [-0.1, -0.05) is 36.4 Å². The molecule has 0 saturated carbocycles. The minimum atomic E-state index is -0.189. The van der Waals surface area contributed by atoms with Crippen LogP contribution in [0, 0.1) is 11.3 Å². The summed E-state index contributed by atoms with van der Waals surface area (Å²) in [7, 11) is 3.94. The van der Waals surface area contributed by atoms with Crippen LogP contribution in [0.3, 0.4) is 0 Å². The fourth-order valence-corrected chi connectivity index (χ4v) is 2.71. The monoisotopic (exact) mass is 291 g/mol. The molecule has 0 amide bonds. The molecule has 0 radical (unpaired) electrons. The zero-order valence-corrected chi connectivity index (χ0v) is 12.6. The molecule has 1 atom stereocenters. The molecule has 0 aliphatic carbocycles. The number of fused-ring (bicyclic) bond motifs is 1. The summed E-state index contributed by atoms with van der Waals surface area (Å²) < 4.78 is 5.69. The van der Waals surface area contributed by atoms with Crippen LogP contribution in [-0.2, 0) is 0 Å². The highest BCUT2D eigenvalue weighted by molar-refractivity contribution is 5.61. The molecule has 0 fully saturated rings. The average molecular weight is 291 g/mol. The predicted molar refractivity (Wildman–Crippen MR) is 86.5 cm³/mol. The van der Waals surface area contributed by atoms with Gasteiger partial charge < -0.3 is 15.4 Å². The van der Waals surface area contributed by atoms with Gasteiger partial charge in [-0.25, -0.2) is 0 Å². The summed E-state index contributed by atoms with van der Waals surface area (Å²) in [5.41, 5.74) is 9.45. The maximum Gasteiger partial charge on any atom is 0.205 e. The molecule has 0 bridgehead atoms. The Bertz CT molecular complexity index is 773. The van der Waals surface area contributed by atoms with Crippen molar-refractivity contribution in [2.45, 2.75) is 5.92 Å². The Balaban J connectivity index is 2.18. The summed E-state index contributed by atoms with van der Waals surface area (Å²) >= 11 is 0. The number of ether oxygens (including phenoxy) is 1. The smallest absolute Gasteiger partial charge is 0.205 e. The van der Waals surface area contributed by atoms with Crippen LogP contribution in [0.2, 0.25) is 0 Å². The van der Waals surface area contributed by atoms with Crippen LogP contribution >= 0.6 is 0 Å². The van der Waals surface area contributed by atoms with Crippen molar-refractivity contribution in [2.75, 3.05) is 19.0 Å². The van der Waals surface area contributed by atoms with Gasteiger partial charge >= 0.3 is 0 Å². The van der Waals surface area contributed by atoms with Crippen LogP contribution < -0.4 is 15.4 Å². The quantitative estimate of drug-likeness (QED) is 0.924. The summed E-state index contributed by atoms with van der Waals surface area (Å²) in [6.07, 6.45) is 0. The number of anilines is 1. The third-order valence-corrected chi connectivity index (χ3v) is 3.85.